The third kappa shape index (κ3) is 2.32. The van der Waals surface area contributed by atoms with E-state index >= 15 is 0 Å². The highest BCUT2D eigenvalue weighted by molar-refractivity contribution is 5.78. The van der Waals surface area contributed by atoms with E-state index in [4.69, 9.17) is 15.9 Å². The average Bonchev–Trinajstić information content (AvgIpc) is 2.95. The summed E-state index contributed by atoms with van der Waals surface area (Å²) >= 11 is 0. The van der Waals surface area contributed by atoms with Crippen molar-refractivity contribution in [2.24, 2.45) is 11.3 Å². The topological polar surface area (TPSA) is 83.5 Å². The van der Waals surface area contributed by atoms with E-state index < -0.39 is 11.4 Å². The van der Waals surface area contributed by atoms with Crippen molar-refractivity contribution in [2.75, 3.05) is 5.73 Å². The van der Waals surface area contributed by atoms with Gasteiger partial charge in [-0.25, -0.2) is 0 Å². The van der Waals surface area contributed by atoms with Crippen LogP contribution in [-0.2, 0) is 4.79 Å². The Labute approximate surface area is 106 Å². The lowest BCUT2D eigenvalue weighted by molar-refractivity contribution is -0.145. The normalized spacial score (nSPS) is 27.7. The molecule has 4 heteroatoms. The molecule has 0 amide bonds. The van der Waals surface area contributed by atoms with Crippen LogP contribution in [0.25, 0.3) is 0 Å². The Hall–Kier alpha value is -1.97. The smallest absolute Gasteiger partial charge is 0.313 e. The number of phenols is 1. The highest BCUT2D eigenvalue weighted by Crippen LogP contribution is 2.49. The zero-order valence-corrected chi connectivity index (χ0v) is 10.0. The largest absolute Gasteiger partial charge is 0.506 e. The lowest BCUT2D eigenvalue weighted by Crippen LogP contribution is -2.23. The molecule has 0 saturated heterocycles. The number of allylic oxidation sites excluding steroid dienone is 1. The summed E-state index contributed by atoms with van der Waals surface area (Å²) in [6.07, 6.45) is 6.70. The number of hydrogen-bond acceptors (Lipinski definition) is 3. The maximum absolute atomic E-state index is 10.7. The van der Waals surface area contributed by atoms with E-state index in [0.29, 0.717) is 11.6 Å². The molecule has 0 aromatic heterocycles. The minimum absolute atomic E-state index is 0.146. The second-order valence-electron chi connectivity index (χ2n) is 4.88. The zero-order valence-electron chi connectivity index (χ0n) is 10.0. The predicted octanol–water partition coefficient (Wildman–Crippen LogP) is 2.40. The summed E-state index contributed by atoms with van der Waals surface area (Å²) in [5, 5.41) is 17.6. The fourth-order valence-corrected chi connectivity index (χ4v) is 2.50. The van der Waals surface area contributed by atoms with Gasteiger partial charge in [0.1, 0.15) is 5.75 Å². The number of aliphatic carboxylic acids is 1. The van der Waals surface area contributed by atoms with Crippen molar-refractivity contribution in [2.45, 2.75) is 19.3 Å². The first kappa shape index (κ1) is 12.5. The van der Waals surface area contributed by atoms with Crippen LogP contribution in [0.1, 0.15) is 19.3 Å². The molecule has 4 N–H and O–H groups in total. The quantitative estimate of drug-likeness (QED) is 0.404. The first-order valence-corrected chi connectivity index (χ1v) is 6.00. The van der Waals surface area contributed by atoms with E-state index in [0.717, 1.165) is 19.3 Å². The van der Waals surface area contributed by atoms with Gasteiger partial charge in [0.15, 0.2) is 0 Å². The number of hydrogen-bond donors (Lipinski definition) is 3. The van der Waals surface area contributed by atoms with Crippen molar-refractivity contribution in [1.29, 1.82) is 0 Å². The van der Waals surface area contributed by atoms with Crippen LogP contribution in [-0.4, -0.2) is 16.2 Å². The summed E-state index contributed by atoms with van der Waals surface area (Å²) in [5.41, 5.74) is 5.24. The number of anilines is 1. The van der Waals surface area contributed by atoms with Gasteiger partial charge in [0, 0.05) is 0 Å². The molecule has 2 aliphatic rings. The Bertz CT molecular complexity index is 463. The number of fused-ring (bicyclic) bond motifs is 2. The molecule has 4 nitrogen and oxygen atoms in total. The predicted molar refractivity (Wildman–Crippen MR) is 69.1 cm³/mol. The van der Waals surface area contributed by atoms with Gasteiger partial charge >= 0.3 is 5.97 Å². The molecule has 2 atom stereocenters. The molecular formula is C14H17NO3. The van der Waals surface area contributed by atoms with Gasteiger partial charge < -0.3 is 15.9 Å². The van der Waals surface area contributed by atoms with Crippen LogP contribution in [0.3, 0.4) is 0 Å². The van der Waals surface area contributed by atoms with Crippen LogP contribution in [0.2, 0.25) is 0 Å². The van der Waals surface area contributed by atoms with Gasteiger partial charge in [0.05, 0.1) is 11.1 Å². The first-order valence-electron chi connectivity index (χ1n) is 6.00. The molecule has 1 fully saturated rings. The van der Waals surface area contributed by atoms with Crippen LogP contribution in [0, 0.1) is 11.3 Å². The molecule has 2 bridgehead atoms. The number of carboxylic acids is 1. The second kappa shape index (κ2) is 4.72. The van der Waals surface area contributed by atoms with Gasteiger partial charge in [-0.3, -0.25) is 4.79 Å². The van der Waals surface area contributed by atoms with Crippen LogP contribution in [0.4, 0.5) is 5.69 Å². The molecule has 0 heterocycles. The van der Waals surface area contributed by atoms with Gasteiger partial charge in [0.25, 0.3) is 0 Å². The number of rotatable bonds is 1. The Morgan fingerprint density at radius 3 is 2.39 bits per heavy atom. The molecule has 2 unspecified atom stereocenters. The van der Waals surface area contributed by atoms with Gasteiger partial charge in [-0.15, -0.1) is 0 Å². The number of aromatic hydroxyl groups is 1. The summed E-state index contributed by atoms with van der Waals surface area (Å²) < 4.78 is 0. The van der Waals surface area contributed by atoms with E-state index in [9.17, 15) is 4.79 Å². The Morgan fingerprint density at radius 1 is 1.39 bits per heavy atom. The zero-order chi connectivity index (χ0) is 13.2. The summed E-state index contributed by atoms with van der Waals surface area (Å²) in [7, 11) is 0. The van der Waals surface area contributed by atoms with Crippen LogP contribution >= 0.6 is 0 Å². The molecule has 1 saturated carbocycles. The summed E-state index contributed by atoms with van der Waals surface area (Å²) in [6.45, 7) is 0. The summed E-state index contributed by atoms with van der Waals surface area (Å²) in [6, 6.07) is 6.70. The van der Waals surface area contributed by atoms with E-state index in [2.05, 4.69) is 6.08 Å². The van der Waals surface area contributed by atoms with Crippen molar-refractivity contribution >= 4 is 11.7 Å². The Kier molecular flexibility index (Phi) is 3.28. The SMILES string of the molecule is Nc1ccccc1O.O=C(O)C12C=CC(CC1)C2. The van der Waals surface area contributed by atoms with Gasteiger partial charge in [-0.05, 0) is 37.3 Å². The molecule has 18 heavy (non-hydrogen) atoms. The van der Waals surface area contributed by atoms with Crippen LogP contribution < -0.4 is 5.73 Å². The highest BCUT2D eigenvalue weighted by Gasteiger charge is 2.46. The minimum Gasteiger partial charge on any atom is -0.506 e. The Balaban J connectivity index is 0.000000138. The maximum atomic E-state index is 10.7. The number of nitrogen functional groups attached to an aromatic ring is 1. The summed E-state index contributed by atoms with van der Waals surface area (Å²) in [4.78, 5) is 10.7. The summed E-state index contributed by atoms with van der Waals surface area (Å²) in [5.74, 6) is 0.0762. The molecule has 0 radical (unpaired) electrons. The molecule has 0 aliphatic heterocycles. The molecule has 96 valence electrons. The monoisotopic (exact) mass is 247 g/mol. The molecule has 1 aromatic rings. The number of carboxylic acid groups (broad SMARTS) is 1. The van der Waals surface area contributed by atoms with Gasteiger partial charge in [-0.2, -0.15) is 0 Å². The average molecular weight is 247 g/mol. The molecule has 2 aliphatic carbocycles. The third-order valence-corrected chi connectivity index (χ3v) is 3.64. The van der Waals surface area contributed by atoms with E-state index in [1.54, 1.807) is 24.3 Å². The second-order valence-corrected chi connectivity index (χ2v) is 4.88. The number of phenolic OH excluding ortho intramolecular Hbond substituents is 1. The molecule has 0 spiro atoms. The Morgan fingerprint density at radius 2 is 2.11 bits per heavy atom. The molecule has 3 rings (SSSR count). The molecule has 1 aromatic carbocycles. The van der Waals surface area contributed by atoms with Gasteiger partial charge in [-0.1, -0.05) is 24.3 Å². The number of carbonyl (C=O) groups is 1. The molecular weight excluding hydrogens is 230 g/mol. The van der Waals surface area contributed by atoms with Crippen molar-refractivity contribution in [3.8, 4) is 5.75 Å². The van der Waals surface area contributed by atoms with E-state index in [1.165, 1.54) is 0 Å². The maximum Gasteiger partial charge on any atom is 0.313 e. The van der Waals surface area contributed by atoms with Crippen molar-refractivity contribution in [3.05, 3.63) is 36.4 Å². The first-order chi connectivity index (χ1) is 8.53. The highest BCUT2D eigenvalue weighted by atomic mass is 16.4. The lowest BCUT2D eigenvalue weighted by atomic mass is 9.88. The number of para-hydroxylation sites is 2. The van der Waals surface area contributed by atoms with Crippen LogP contribution in [0.5, 0.6) is 5.75 Å². The standard InChI is InChI=1S/C8H10O2.C6H7NO/c9-7(10)8-3-1-6(5-8)2-4-8;7-5-3-1-2-4-6(5)8/h1,3,6H,2,4-5H2,(H,9,10);1-4,8H,7H2. The van der Waals surface area contributed by atoms with Crippen molar-refractivity contribution < 1.29 is 15.0 Å². The van der Waals surface area contributed by atoms with Crippen LogP contribution in [0.15, 0.2) is 36.4 Å². The van der Waals surface area contributed by atoms with Gasteiger partial charge in [0.2, 0.25) is 0 Å². The lowest BCUT2D eigenvalue weighted by Gasteiger charge is -2.15. The third-order valence-electron chi connectivity index (χ3n) is 3.64. The van der Waals surface area contributed by atoms with E-state index in [1.807, 2.05) is 6.08 Å². The van der Waals surface area contributed by atoms with E-state index in [-0.39, 0.29) is 5.75 Å². The fourth-order valence-electron chi connectivity index (χ4n) is 2.50. The number of nitrogens with two attached hydrogens (primary N) is 1. The number of benzene rings is 1. The van der Waals surface area contributed by atoms with Crippen molar-refractivity contribution in [1.82, 2.24) is 0 Å². The minimum atomic E-state index is -0.635. The van der Waals surface area contributed by atoms with Crippen molar-refractivity contribution in [3.63, 3.8) is 0 Å². The fraction of sp³-hybridized carbons (Fsp3) is 0.357.